The minimum Gasteiger partial charge on any atom is -0.469 e. The number of piperazine rings is 1. The Morgan fingerprint density at radius 2 is 1.89 bits per heavy atom. The first-order chi connectivity index (χ1) is 8.52. The molecule has 0 radical (unpaired) electrons. The normalized spacial score (nSPS) is 16.4. The smallest absolute Gasteiger partial charge is 0.306 e. The molecule has 0 atom stereocenters. The van der Waals surface area contributed by atoms with Gasteiger partial charge in [-0.3, -0.25) is 14.5 Å². The molecule has 7 heteroatoms. The molecule has 0 bridgehead atoms. The van der Waals surface area contributed by atoms with Crippen LogP contribution in [0.3, 0.4) is 0 Å². The molecule has 102 valence electrons. The lowest BCUT2D eigenvalue weighted by atomic mass is 10.2. The number of rotatable bonds is 5. The highest BCUT2D eigenvalue weighted by atomic mass is 32.1. The van der Waals surface area contributed by atoms with E-state index in [9.17, 15) is 9.59 Å². The number of thiocarbonyl (C=S) groups is 1. The summed E-state index contributed by atoms with van der Waals surface area (Å²) in [5.41, 5.74) is 5.35. The van der Waals surface area contributed by atoms with Crippen LogP contribution in [0.5, 0.6) is 0 Å². The Bertz CT molecular complexity index is 327. The van der Waals surface area contributed by atoms with Crippen LogP contribution >= 0.6 is 12.2 Å². The number of carbonyl (C=O) groups excluding carboxylic acids is 2. The molecule has 1 aliphatic rings. The van der Waals surface area contributed by atoms with Crippen molar-refractivity contribution in [1.29, 1.82) is 0 Å². The fraction of sp³-hybridized carbons (Fsp3) is 0.727. The van der Waals surface area contributed by atoms with Gasteiger partial charge in [-0.25, -0.2) is 0 Å². The average Bonchev–Trinajstić information content (AvgIpc) is 2.35. The van der Waals surface area contributed by atoms with E-state index >= 15 is 0 Å². The van der Waals surface area contributed by atoms with E-state index in [0.717, 1.165) is 13.1 Å². The molecule has 0 aromatic heterocycles. The summed E-state index contributed by atoms with van der Waals surface area (Å²) in [6.07, 6.45) is 0.523. The molecule has 0 aliphatic carbocycles. The number of ether oxygens (including phenoxy) is 1. The van der Waals surface area contributed by atoms with Crippen molar-refractivity contribution in [2.45, 2.75) is 12.8 Å². The number of nitrogens with two attached hydrogens (primary N) is 1. The van der Waals surface area contributed by atoms with Gasteiger partial charge in [0, 0.05) is 32.7 Å². The summed E-state index contributed by atoms with van der Waals surface area (Å²) in [5, 5.41) is 0. The molecule has 6 nitrogen and oxygen atoms in total. The van der Waals surface area contributed by atoms with Gasteiger partial charge in [-0.2, -0.15) is 0 Å². The van der Waals surface area contributed by atoms with Gasteiger partial charge >= 0.3 is 5.97 Å². The lowest BCUT2D eigenvalue weighted by molar-refractivity contribution is -0.141. The standard InChI is InChI=1S/C11H19N3O3S/c1-17-11(16)2-3-13-4-6-14(7-5-13)10(15)8-9(12)18/h2-8H2,1H3,(H2,12,18). The third-order valence-corrected chi connectivity index (χ3v) is 3.05. The fourth-order valence-corrected chi connectivity index (χ4v) is 1.96. The molecule has 0 aromatic rings. The second-order valence-corrected chi connectivity index (χ2v) is 4.72. The number of esters is 1. The van der Waals surface area contributed by atoms with Crippen LogP contribution in [-0.2, 0) is 14.3 Å². The Hall–Kier alpha value is -1.21. The maximum absolute atomic E-state index is 11.7. The van der Waals surface area contributed by atoms with Gasteiger partial charge in [-0.05, 0) is 0 Å². The largest absolute Gasteiger partial charge is 0.469 e. The zero-order chi connectivity index (χ0) is 13.5. The molecule has 0 saturated carbocycles. The molecular weight excluding hydrogens is 254 g/mol. The molecule has 1 saturated heterocycles. The van der Waals surface area contributed by atoms with Crippen molar-refractivity contribution in [3.05, 3.63) is 0 Å². The van der Waals surface area contributed by atoms with E-state index < -0.39 is 0 Å². The third-order valence-electron chi connectivity index (χ3n) is 2.91. The van der Waals surface area contributed by atoms with Crippen molar-refractivity contribution in [3.8, 4) is 0 Å². The SMILES string of the molecule is COC(=O)CCN1CCN(C(=O)CC(N)=S)CC1. The molecule has 1 aliphatic heterocycles. The monoisotopic (exact) mass is 273 g/mol. The van der Waals surface area contributed by atoms with E-state index in [4.69, 9.17) is 18.0 Å². The highest BCUT2D eigenvalue weighted by molar-refractivity contribution is 7.80. The predicted molar refractivity (Wildman–Crippen MR) is 71.1 cm³/mol. The number of nitrogens with zero attached hydrogens (tertiary/aromatic N) is 2. The highest BCUT2D eigenvalue weighted by Crippen LogP contribution is 2.05. The van der Waals surface area contributed by atoms with E-state index in [1.807, 2.05) is 0 Å². The zero-order valence-electron chi connectivity index (χ0n) is 10.6. The minimum absolute atomic E-state index is 0.0184. The first-order valence-corrected chi connectivity index (χ1v) is 6.29. The van der Waals surface area contributed by atoms with Gasteiger partial charge in [0.05, 0.1) is 24.9 Å². The van der Waals surface area contributed by atoms with Crippen molar-refractivity contribution >= 4 is 29.1 Å². The van der Waals surface area contributed by atoms with E-state index in [1.54, 1.807) is 4.90 Å². The van der Waals surface area contributed by atoms with Crippen molar-refractivity contribution in [2.75, 3.05) is 39.8 Å². The Labute approximate surface area is 112 Å². The van der Waals surface area contributed by atoms with E-state index in [1.165, 1.54) is 7.11 Å². The van der Waals surface area contributed by atoms with E-state index in [2.05, 4.69) is 9.64 Å². The molecule has 0 unspecified atom stereocenters. The molecule has 1 heterocycles. The number of hydrogen-bond donors (Lipinski definition) is 1. The minimum atomic E-state index is -0.206. The van der Waals surface area contributed by atoms with Gasteiger partial charge in [0.2, 0.25) is 5.91 Å². The third kappa shape index (κ3) is 4.97. The zero-order valence-corrected chi connectivity index (χ0v) is 11.4. The van der Waals surface area contributed by atoms with Gasteiger partial charge in [-0.15, -0.1) is 0 Å². The molecule has 18 heavy (non-hydrogen) atoms. The van der Waals surface area contributed by atoms with Crippen LogP contribution in [0.2, 0.25) is 0 Å². The summed E-state index contributed by atoms with van der Waals surface area (Å²) >= 11 is 4.72. The maximum Gasteiger partial charge on any atom is 0.306 e. The molecule has 1 fully saturated rings. The summed E-state index contributed by atoms with van der Waals surface area (Å²) in [7, 11) is 1.38. The number of methoxy groups -OCH3 is 1. The quantitative estimate of drug-likeness (QED) is 0.531. The van der Waals surface area contributed by atoms with Crippen molar-refractivity contribution in [3.63, 3.8) is 0 Å². The van der Waals surface area contributed by atoms with Crippen LogP contribution in [0.25, 0.3) is 0 Å². The Kier molecular flexibility index (Phi) is 6.00. The van der Waals surface area contributed by atoms with Crippen LogP contribution in [0.4, 0.5) is 0 Å². The highest BCUT2D eigenvalue weighted by Gasteiger charge is 2.21. The number of carbonyl (C=O) groups is 2. The Morgan fingerprint density at radius 1 is 1.28 bits per heavy atom. The van der Waals surface area contributed by atoms with Crippen LogP contribution < -0.4 is 5.73 Å². The Balaban J connectivity index is 2.26. The summed E-state index contributed by atoms with van der Waals surface area (Å²) in [5.74, 6) is -0.225. The average molecular weight is 273 g/mol. The van der Waals surface area contributed by atoms with Gasteiger partial charge < -0.3 is 15.4 Å². The molecule has 0 spiro atoms. The fourth-order valence-electron chi connectivity index (χ4n) is 1.83. The van der Waals surface area contributed by atoms with Crippen molar-refractivity contribution in [1.82, 2.24) is 9.80 Å². The van der Waals surface area contributed by atoms with Crippen LogP contribution in [0, 0.1) is 0 Å². The molecular formula is C11H19N3O3S. The van der Waals surface area contributed by atoms with Crippen LogP contribution in [0.1, 0.15) is 12.8 Å². The predicted octanol–water partition coefficient (Wildman–Crippen LogP) is -0.630. The topological polar surface area (TPSA) is 75.9 Å². The number of amides is 1. The lowest BCUT2D eigenvalue weighted by Crippen LogP contribution is -2.49. The van der Waals surface area contributed by atoms with Crippen molar-refractivity contribution < 1.29 is 14.3 Å². The Morgan fingerprint density at radius 3 is 2.39 bits per heavy atom. The van der Waals surface area contributed by atoms with E-state index in [-0.39, 0.29) is 23.3 Å². The van der Waals surface area contributed by atoms with Crippen LogP contribution in [0.15, 0.2) is 0 Å². The van der Waals surface area contributed by atoms with Crippen LogP contribution in [-0.4, -0.2) is 66.5 Å². The van der Waals surface area contributed by atoms with Gasteiger partial charge in [0.1, 0.15) is 0 Å². The summed E-state index contributed by atoms with van der Waals surface area (Å²) < 4.78 is 4.59. The summed E-state index contributed by atoms with van der Waals surface area (Å²) in [6, 6.07) is 0. The summed E-state index contributed by atoms with van der Waals surface area (Å²) in [4.78, 5) is 26.8. The first kappa shape index (κ1) is 14.8. The maximum atomic E-state index is 11.7. The first-order valence-electron chi connectivity index (χ1n) is 5.88. The van der Waals surface area contributed by atoms with Gasteiger partial charge in [-0.1, -0.05) is 12.2 Å². The second-order valence-electron chi connectivity index (χ2n) is 4.19. The second kappa shape index (κ2) is 7.27. The van der Waals surface area contributed by atoms with E-state index in [0.29, 0.717) is 26.1 Å². The summed E-state index contributed by atoms with van der Waals surface area (Å²) in [6.45, 7) is 3.51. The molecule has 2 N–H and O–H groups in total. The molecule has 1 amide bonds. The molecule has 1 rings (SSSR count). The van der Waals surface area contributed by atoms with Gasteiger partial charge in [0.25, 0.3) is 0 Å². The molecule has 0 aromatic carbocycles. The van der Waals surface area contributed by atoms with Gasteiger partial charge in [0.15, 0.2) is 0 Å². The van der Waals surface area contributed by atoms with Crippen molar-refractivity contribution in [2.24, 2.45) is 5.73 Å². The lowest BCUT2D eigenvalue weighted by Gasteiger charge is -2.34. The number of hydrogen-bond acceptors (Lipinski definition) is 5.